The molecule has 1 N–H and O–H groups in total. The number of carbonyl (C=O) groups is 1. The Morgan fingerprint density at radius 1 is 1.19 bits per heavy atom. The summed E-state index contributed by atoms with van der Waals surface area (Å²) in [6.07, 6.45) is 0. The van der Waals surface area contributed by atoms with Crippen molar-refractivity contribution in [3.63, 3.8) is 0 Å². The standard InChI is InChI=1S/C14H14N2O5/c1-15-10(7-12(17)16(2)14(15)20)8-21-11-5-3-4-9(6-11)13(18)19/h3-7H,8H2,1-2H3,(H,18,19). The second-order valence-corrected chi connectivity index (χ2v) is 4.50. The largest absolute Gasteiger partial charge is 0.487 e. The maximum atomic E-state index is 11.8. The molecule has 2 rings (SSSR count). The number of rotatable bonds is 4. The summed E-state index contributed by atoms with van der Waals surface area (Å²) < 4.78 is 7.74. The van der Waals surface area contributed by atoms with Gasteiger partial charge in [-0.1, -0.05) is 6.07 Å². The predicted octanol–water partition coefficient (Wildman–Crippen LogP) is 0.361. The normalized spacial score (nSPS) is 10.4. The molecule has 0 saturated carbocycles. The van der Waals surface area contributed by atoms with Crippen LogP contribution in [0.25, 0.3) is 0 Å². The highest BCUT2D eigenvalue weighted by atomic mass is 16.5. The molecule has 0 saturated heterocycles. The molecule has 7 heteroatoms. The highest BCUT2D eigenvalue weighted by Gasteiger charge is 2.08. The first-order valence-corrected chi connectivity index (χ1v) is 6.12. The molecular weight excluding hydrogens is 276 g/mol. The van der Waals surface area contributed by atoms with Gasteiger partial charge in [-0.2, -0.15) is 0 Å². The van der Waals surface area contributed by atoms with E-state index >= 15 is 0 Å². The number of aromatic nitrogens is 2. The fourth-order valence-corrected chi connectivity index (χ4v) is 1.79. The second kappa shape index (κ2) is 5.66. The van der Waals surface area contributed by atoms with Gasteiger partial charge >= 0.3 is 11.7 Å². The summed E-state index contributed by atoms with van der Waals surface area (Å²) in [5, 5.41) is 8.90. The quantitative estimate of drug-likeness (QED) is 0.878. The van der Waals surface area contributed by atoms with E-state index in [1.54, 1.807) is 12.1 Å². The van der Waals surface area contributed by atoms with Crippen molar-refractivity contribution in [1.82, 2.24) is 9.13 Å². The van der Waals surface area contributed by atoms with Gasteiger partial charge in [-0.05, 0) is 18.2 Å². The van der Waals surface area contributed by atoms with E-state index in [1.807, 2.05) is 0 Å². The zero-order chi connectivity index (χ0) is 15.6. The molecule has 0 aliphatic rings. The van der Waals surface area contributed by atoms with Crippen LogP contribution in [0, 0.1) is 0 Å². The molecule has 0 atom stereocenters. The van der Waals surface area contributed by atoms with Crippen molar-refractivity contribution in [2.45, 2.75) is 6.61 Å². The molecule has 0 aliphatic carbocycles. The van der Waals surface area contributed by atoms with E-state index in [2.05, 4.69) is 0 Å². The number of carboxylic acid groups (broad SMARTS) is 1. The van der Waals surface area contributed by atoms with Crippen LogP contribution in [0.5, 0.6) is 5.75 Å². The number of benzene rings is 1. The molecule has 0 spiro atoms. The SMILES string of the molecule is Cn1c(COc2cccc(C(=O)O)c2)cc(=O)n(C)c1=O. The Kier molecular flexibility index (Phi) is 3.93. The Hall–Kier alpha value is -2.83. The summed E-state index contributed by atoms with van der Waals surface area (Å²) in [6, 6.07) is 7.29. The third-order valence-electron chi connectivity index (χ3n) is 3.09. The average molecular weight is 290 g/mol. The van der Waals surface area contributed by atoms with Crippen molar-refractivity contribution in [2.75, 3.05) is 0 Å². The monoisotopic (exact) mass is 290 g/mol. The van der Waals surface area contributed by atoms with Crippen molar-refractivity contribution < 1.29 is 14.6 Å². The first-order chi connectivity index (χ1) is 9.90. The first-order valence-electron chi connectivity index (χ1n) is 6.12. The van der Waals surface area contributed by atoms with Gasteiger partial charge in [0.15, 0.2) is 0 Å². The summed E-state index contributed by atoms with van der Waals surface area (Å²) >= 11 is 0. The van der Waals surface area contributed by atoms with Crippen molar-refractivity contribution in [3.8, 4) is 5.75 Å². The molecular formula is C14H14N2O5. The molecule has 21 heavy (non-hydrogen) atoms. The molecule has 0 unspecified atom stereocenters. The van der Waals surface area contributed by atoms with Crippen LogP contribution in [-0.2, 0) is 20.7 Å². The third-order valence-corrected chi connectivity index (χ3v) is 3.09. The van der Waals surface area contributed by atoms with E-state index in [1.165, 1.54) is 36.9 Å². The number of aromatic carboxylic acids is 1. The maximum absolute atomic E-state index is 11.8. The number of hydrogen-bond donors (Lipinski definition) is 1. The summed E-state index contributed by atoms with van der Waals surface area (Å²) in [4.78, 5) is 34.2. The van der Waals surface area contributed by atoms with Crippen LogP contribution >= 0.6 is 0 Å². The van der Waals surface area contributed by atoms with Crippen LogP contribution < -0.4 is 16.0 Å². The van der Waals surface area contributed by atoms with E-state index in [9.17, 15) is 14.4 Å². The lowest BCUT2D eigenvalue weighted by atomic mass is 10.2. The minimum Gasteiger partial charge on any atom is -0.487 e. The Labute approximate surface area is 119 Å². The Morgan fingerprint density at radius 3 is 2.57 bits per heavy atom. The van der Waals surface area contributed by atoms with Gasteiger partial charge in [-0.25, -0.2) is 9.59 Å². The number of hydrogen-bond acceptors (Lipinski definition) is 4. The summed E-state index contributed by atoms with van der Waals surface area (Å²) in [7, 11) is 2.93. The zero-order valence-electron chi connectivity index (χ0n) is 11.6. The van der Waals surface area contributed by atoms with Crippen LogP contribution in [0.15, 0.2) is 39.9 Å². The lowest BCUT2D eigenvalue weighted by molar-refractivity contribution is 0.0696. The first kappa shape index (κ1) is 14.6. The molecule has 0 amide bonds. The van der Waals surface area contributed by atoms with E-state index in [0.717, 1.165) is 4.57 Å². The molecule has 1 heterocycles. The van der Waals surface area contributed by atoms with Crippen molar-refractivity contribution in [3.05, 3.63) is 62.4 Å². The second-order valence-electron chi connectivity index (χ2n) is 4.50. The predicted molar refractivity (Wildman–Crippen MR) is 74.7 cm³/mol. The van der Waals surface area contributed by atoms with Crippen molar-refractivity contribution >= 4 is 5.97 Å². The summed E-state index contributed by atoms with van der Waals surface area (Å²) in [6.45, 7) is -0.00904. The third kappa shape index (κ3) is 3.02. The maximum Gasteiger partial charge on any atom is 0.335 e. The minimum absolute atomic E-state index is 0.00904. The number of ether oxygens (including phenoxy) is 1. The van der Waals surface area contributed by atoms with Gasteiger partial charge in [0.05, 0.1) is 11.3 Å². The molecule has 1 aromatic heterocycles. The molecule has 110 valence electrons. The topological polar surface area (TPSA) is 90.5 Å². The lowest BCUT2D eigenvalue weighted by Gasteiger charge is -2.11. The average Bonchev–Trinajstić information content (AvgIpc) is 2.47. The summed E-state index contributed by atoms with van der Waals surface area (Å²) in [5.41, 5.74) is -0.356. The highest BCUT2D eigenvalue weighted by molar-refractivity contribution is 5.87. The lowest BCUT2D eigenvalue weighted by Crippen LogP contribution is -2.38. The van der Waals surface area contributed by atoms with E-state index in [-0.39, 0.29) is 12.2 Å². The fraction of sp³-hybridized carbons (Fsp3) is 0.214. The van der Waals surface area contributed by atoms with Gasteiger partial charge in [0, 0.05) is 20.2 Å². The molecule has 0 aliphatic heterocycles. The van der Waals surface area contributed by atoms with Crippen molar-refractivity contribution in [2.24, 2.45) is 14.1 Å². The van der Waals surface area contributed by atoms with Gasteiger partial charge in [0.1, 0.15) is 12.4 Å². The van der Waals surface area contributed by atoms with Gasteiger partial charge in [0.25, 0.3) is 5.56 Å². The van der Waals surface area contributed by atoms with Gasteiger partial charge in [-0.3, -0.25) is 13.9 Å². The zero-order valence-corrected chi connectivity index (χ0v) is 11.6. The summed E-state index contributed by atoms with van der Waals surface area (Å²) in [5.74, 6) is -0.704. The Morgan fingerprint density at radius 2 is 1.90 bits per heavy atom. The van der Waals surface area contributed by atoms with Crippen molar-refractivity contribution in [1.29, 1.82) is 0 Å². The fourth-order valence-electron chi connectivity index (χ4n) is 1.79. The number of nitrogens with zero attached hydrogens (tertiary/aromatic N) is 2. The molecule has 7 nitrogen and oxygen atoms in total. The Balaban J connectivity index is 2.25. The Bertz CT molecular complexity index is 804. The molecule has 0 radical (unpaired) electrons. The van der Waals surface area contributed by atoms with Crippen LogP contribution in [-0.4, -0.2) is 20.2 Å². The molecule has 0 bridgehead atoms. The molecule has 2 aromatic rings. The number of carboxylic acids is 1. The van der Waals surface area contributed by atoms with Gasteiger partial charge in [0.2, 0.25) is 0 Å². The van der Waals surface area contributed by atoms with E-state index in [0.29, 0.717) is 11.4 Å². The van der Waals surface area contributed by atoms with Crippen LogP contribution in [0.4, 0.5) is 0 Å². The highest BCUT2D eigenvalue weighted by Crippen LogP contribution is 2.14. The van der Waals surface area contributed by atoms with Gasteiger partial charge < -0.3 is 9.84 Å². The molecule has 0 fully saturated rings. The molecule has 1 aromatic carbocycles. The van der Waals surface area contributed by atoms with E-state index in [4.69, 9.17) is 9.84 Å². The van der Waals surface area contributed by atoms with Gasteiger partial charge in [-0.15, -0.1) is 0 Å². The van der Waals surface area contributed by atoms with Crippen LogP contribution in [0.1, 0.15) is 16.1 Å². The minimum atomic E-state index is -1.05. The smallest absolute Gasteiger partial charge is 0.335 e. The van der Waals surface area contributed by atoms with Crippen LogP contribution in [0.2, 0.25) is 0 Å². The van der Waals surface area contributed by atoms with E-state index < -0.39 is 17.2 Å². The van der Waals surface area contributed by atoms with Crippen LogP contribution in [0.3, 0.4) is 0 Å².